The van der Waals surface area contributed by atoms with Gasteiger partial charge in [0.1, 0.15) is 5.75 Å². The van der Waals surface area contributed by atoms with Crippen molar-refractivity contribution in [3.63, 3.8) is 0 Å². The fourth-order valence-corrected chi connectivity index (χ4v) is 5.39. The Balaban J connectivity index is 1.56. The van der Waals surface area contributed by atoms with Gasteiger partial charge >= 0.3 is 5.97 Å². The van der Waals surface area contributed by atoms with Crippen molar-refractivity contribution in [2.75, 3.05) is 0 Å². The van der Waals surface area contributed by atoms with Gasteiger partial charge in [-0.25, -0.2) is 4.79 Å². The van der Waals surface area contributed by atoms with Gasteiger partial charge in [0.15, 0.2) is 6.10 Å². The number of halogens is 1. The number of carboxylic acid groups (broad SMARTS) is 1. The van der Waals surface area contributed by atoms with E-state index in [0.717, 1.165) is 46.3 Å². The van der Waals surface area contributed by atoms with Crippen molar-refractivity contribution in [3.8, 4) is 5.75 Å². The number of carbonyl (C=O) groups excluding carboxylic acids is 1. The van der Waals surface area contributed by atoms with Crippen molar-refractivity contribution in [1.82, 2.24) is 9.88 Å². The van der Waals surface area contributed by atoms with E-state index in [1.165, 1.54) is 25.3 Å². The molecule has 1 heterocycles. The van der Waals surface area contributed by atoms with Gasteiger partial charge in [-0.3, -0.25) is 4.79 Å². The molecule has 0 unspecified atom stereocenters. The van der Waals surface area contributed by atoms with Gasteiger partial charge in [0.05, 0.1) is 11.1 Å². The van der Waals surface area contributed by atoms with Gasteiger partial charge < -0.3 is 19.7 Å². The lowest BCUT2D eigenvalue weighted by Crippen LogP contribution is -2.26. The third kappa shape index (κ3) is 6.94. The fraction of sp³-hybridized carbons (Fsp3) is 0.353. The molecule has 1 amide bonds. The summed E-state index contributed by atoms with van der Waals surface area (Å²) in [5.74, 6) is -0.813. The number of unbranched alkanes of at least 4 members (excludes halogenated alkanes) is 1. The van der Waals surface area contributed by atoms with E-state index in [4.69, 9.17) is 16.3 Å². The first-order valence-electron chi connectivity index (χ1n) is 14.3. The number of carbonyl (C=O) groups is 2. The van der Waals surface area contributed by atoms with E-state index in [1.54, 1.807) is 12.1 Å². The monoisotopic (exact) mass is 574 g/mol. The van der Waals surface area contributed by atoms with E-state index >= 15 is 0 Å². The number of ether oxygens (including phenoxy) is 1. The highest BCUT2D eigenvalue weighted by Gasteiger charge is 2.19. The number of nitrogens with zero attached hydrogens (tertiary/aromatic N) is 1. The Labute approximate surface area is 247 Å². The zero-order chi connectivity index (χ0) is 29.7. The molecule has 0 aliphatic carbocycles. The Bertz CT molecular complexity index is 1540. The highest BCUT2D eigenvalue weighted by atomic mass is 35.5. The number of rotatable bonds is 12. The summed E-state index contributed by atoms with van der Waals surface area (Å²) in [6.45, 7) is 10.6. The number of aliphatic carboxylic acids is 1. The first-order valence-corrected chi connectivity index (χ1v) is 14.7. The molecule has 0 spiro atoms. The first-order chi connectivity index (χ1) is 19.6. The van der Waals surface area contributed by atoms with E-state index in [1.807, 2.05) is 31.2 Å². The minimum Gasteiger partial charge on any atom is -0.479 e. The molecule has 3 aromatic carbocycles. The van der Waals surface area contributed by atoms with Crippen LogP contribution < -0.4 is 10.1 Å². The zero-order valence-electron chi connectivity index (χ0n) is 24.5. The van der Waals surface area contributed by atoms with Crippen LogP contribution in [-0.2, 0) is 24.2 Å². The molecule has 0 bridgehead atoms. The molecule has 1 aromatic heterocycles. The maximum Gasteiger partial charge on any atom is 0.344 e. The van der Waals surface area contributed by atoms with Crippen LogP contribution in [0, 0.1) is 6.92 Å². The number of amides is 1. The number of fused-ring (bicyclic) bond motifs is 1. The van der Waals surface area contributed by atoms with Gasteiger partial charge in [-0.05, 0) is 93.5 Å². The summed E-state index contributed by atoms with van der Waals surface area (Å²) < 4.78 is 7.80. The molecule has 0 radical (unpaired) electrons. The Morgan fingerprint density at radius 1 is 1.00 bits per heavy atom. The fourth-order valence-electron chi connectivity index (χ4n) is 5.23. The quantitative estimate of drug-likeness (QED) is 0.180. The molecule has 0 saturated heterocycles. The number of aromatic nitrogens is 1. The summed E-state index contributed by atoms with van der Waals surface area (Å²) in [5, 5.41) is 13.8. The predicted octanol–water partition coefficient (Wildman–Crippen LogP) is 7.90. The molecule has 2 atom stereocenters. The number of carboxylic acids is 1. The molecule has 2 N–H and O–H groups in total. The third-order valence-corrected chi connectivity index (χ3v) is 8.02. The predicted molar refractivity (Wildman–Crippen MR) is 165 cm³/mol. The molecule has 216 valence electrons. The van der Waals surface area contributed by atoms with Gasteiger partial charge in [-0.1, -0.05) is 61.3 Å². The Hall–Kier alpha value is -3.77. The van der Waals surface area contributed by atoms with Gasteiger partial charge in [0, 0.05) is 28.7 Å². The SMILES string of the molecule is CCCCc1ccc([C@H](C)NC(=O)c2ccc3c(Cc4ccc(Cl)c(O[C@H](C)C(=O)O)c4)c(C)n(CC)c3c2)cc1. The molecule has 41 heavy (non-hydrogen) atoms. The second kappa shape index (κ2) is 13.3. The number of benzene rings is 3. The van der Waals surface area contributed by atoms with Crippen LogP contribution in [0.2, 0.25) is 5.02 Å². The van der Waals surface area contributed by atoms with Crippen molar-refractivity contribution in [2.45, 2.75) is 79.0 Å². The topological polar surface area (TPSA) is 80.6 Å². The number of nitrogens with one attached hydrogen (secondary N) is 1. The van der Waals surface area contributed by atoms with Crippen LogP contribution in [0.5, 0.6) is 5.75 Å². The smallest absolute Gasteiger partial charge is 0.344 e. The lowest BCUT2D eigenvalue weighted by Gasteiger charge is -2.15. The van der Waals surface area contributed by atoms with Crippen LogP contribution in [0.4, 0.5) is 0 Å². The lowest BCUT2D eigenvalue weighted by molar-refractivity contribution is -0.144. The first kappa shape index (κ1) is 30.2. The van der Waals surface area contributed by atoms with Crippen molar-refractivity contribution in [2.24, 2.45) is 0 Å². The Kier molecular flexibility index (Phi) is 9.77. The largest absolute Gasteiger partial charge is 0.479 e. The number of aryl methyl sites for hydroxylation is 2. The average molecular weight is 575 g/mol. The summed E-state index contributed by atoms with van der Waals surface area (Å²) in [5.41, 5.74) is 7.24. The molecule has 6 nitrogen and oxygen atoms in total. The number of hydrogen-bond acceptors (Lipinski definition) is 3. The van der Waals surface area contributed by atoms with Crippen LogP contribution in [-0.4, -0.2) is 27.7 Å². The van der Waals surface area contributed by atoms with E-state index in [2.05, 4.69) is 54.9 Å². The molecule has 4 aromatic rings. The van der Waals surface area contributed by atoms with Gasteiger partial charge in [-0.15, -0.1) is 0 Å². The highest BCUT2D eigenvalue weighted by Crippen LogP contribution is 2.32. The van der Waals surface area contributed by atoms with Crippen LogP contribution in [0.15, 0.2) is 60.7 Å². The van der Waals surface area contributed by atoms with Gasteiger partial charge in [0.2, 0.25) is 0 Å². The molecule has 0 fully saturated rings. The standard InChI is InChI=1S/C34H39ClN2O4/c1-6-8-9-24-10-13-26(14-11-24)21(3)36-33(38)27-15-16-28-29(22(4)37(7-2)31(28)20-27)18-25-12-17-30(35)32(19-25)41-23(5)34(39)40/h10-17,19-21,23H,6-9,18H2,1-5H3,(H,36,38)(H,39,40)/t21-,23+/m0/s1. The van der Waals surface area contributed by atoms with Crippen LogP contribution >= 0.6 is 11.6 Å². The highest BCUT2D eigenvalue weighted by molar-refractivity contribution is 6.32. The van der Waals surface area contributed by atoms with Crippen LogP contribution in [0.25, 0.3) is 10.9 Å². The molecule has 0 aliphatic rings. The molecule has 4 rings (SSSR count). The van der Waals surface area contributed by atoms with E-state index in [-0.39, 0.29) is 11.9 Å². The Morgan fingerprint density at radius 3 is 2.37 bits per heavy atom. The molecule has 0 aliphatic heterocycles. The van der Waals surface area contributed by atoms with Crippen molar-refractivity contribution in [3.05, 3.63) is 99.2 Å². The van der Waals surface area contributed by atoms with Crippen LogP contribution in [0.3, 0.4) is 0 Å². The maximum absolute atomic E-state index is 13.3. The summed E-state index contributed by atoms with van der Waals surface area (Å²) in [6, 6.07) is 19.7. The van der Waals surface area contributed by atoms with Crippen molar-refractivity contribution >= 4 is 34.4 Å². The molecule has 0 saturated carbocycles. The third-order valence-electron chi connectivity index (χ3n) is 7.71. The second-order valence-corrected chi connectivity index (χ2v) is 11.0. The summed E-state index contributed by atoms with van der Waals surface area (Å²) in [4.78, 5) is 24.5. The van der Waals surface area contributed by atoms with Gasteiger partial charge in [-0.2, -0.15) is 0 Å². The normalized spacial score (nSPS) is 12.7. The van der Waals surface area contributed by atoms with E-state index < -0.39 is 12.1 Å². The van der Waals surface area contributed by atoms with Gasteiger partial charge in [0.25, 0.3) is 5.91 Å². The maximum atomic E-state index is 13.3. The van der Waals surface area contributed by atoms with Crippen molar-refractivity contribution < 1.29 is 19.4 Å². The zero-order valence-corrected chi connectivity index (χ0v) is 25.2. The molecular weight excluding hydrogens is 536 g/mol. The second-order valence-electron chi connectivity index (χ2n) is 10.6. The van der Waals surface area contributed by atoms with Crippen molar-refractivity contribution in [1.29, 1.82) is 0 Å². The minimum absolute atomic E-state index is 0.107. The minimum atomic E-state index is -1.05. The summed E-state index contributed by atoms with van der Waals surface area (Å²) in [7, 11) is 0. The van der Waals surface area contributed by atoms with Crippen LogP contribution in [0.1, 0.15) is 84.9 Å². The number of hydrogen-bond donors (Lipinski definition) is 2. The van der Waals surface area contributed by atoms with E-state index in [0.29, 0.717) is 22.8 Å². The Morgan fingerprint density at radius 2 is 1.71 bits per heavy atom. The van der Waals surface area contributed by atoms with E-state index in [9.17, 15) is 14.7 Å². The summed E-state index contributed by atoms with van der Waals surface area (Å²) in [6.07, 6.45) is 3.03. The average Bonchev–Trinajstić information content (AvgIpc) is 3.22. The molecular formula is C34H39ClN2O4. The summed E-state index contributed by atoms with van der Waals surface area (Å²) >= 11 is 6.29. The molecule has 7 heteroatoms. The lowest BCUT2D eigenvalue weighted by atomic mass is 10.0.